The quantitative estimate of drug-likeness (QED) is 0.268. The second-order valence-corrected chi connectivity index (χ2v) is 7.22. The standard InChI is InChI=1S/C22H45N.ClH/c1-2-3-4-5-6-7-8-9-10-11-12-13-14-15-16-17-18-19-20-21-22-23;/h2-3H,4-23H2,1H3;1H. The molecule has 0 amide bonds. The summed E-state index contributed by atoms with van der Waals surface area (Å²) in [6, 6.07) is 0. The Morgan fingerprint density at radius 1 is 0.500 bits per heavy atom. The molecule has 0 aromatic carbocycles. The molecule has 0 rings (SSSR count). The van der Waals surface area contributed by atoms with Crippen molar-refractivity contribution in [1.29, 1.82) is 0 Å². The molecular formula is C22H46ClN. The lowest BCUT2D eigenvalue weighted by atomic mass is 10.0. The van der Waals surface area contributed by atoms with Crippen LogP contribution in [0.25, 0.3) is 0 Å². The lowest BCUT2D eigenvalue weighted by molar-refractivity contribution is -0.368. The van der Waals surface area contributed by atoms with Gasteiger partial charge in [-0.2, -0.15) is 0 Å². The Bertz CT molecular complexity index is 228. The van der Waals surface area contributed by atoms with Crippen LogP contribution in [0.2, 0.25) is 0 Å². The van der Waals surface area contributed by atoms with Crippen LogP contribution in [0.1, 0.15) is 122 Å². The Labute approximate surface area is 159 Å². The fourth-order valence-electron chi connectivity index (χ4n) is 3.26. The predicted molar refractivity (Wildman–Crippen MR) is 106 cm³/mol. The number of rotatable bonds is 19. The molecule has 1 nitrogen and oxygen atoms in total. The lowest BCUT2D eigenvalue weighted by Crippen LogP contribution is -3.00. The highest BCUT2D eigenvalue weighted by Gasteiger charge is 1.94. The molecule has 146 valence electrons. The largest absolute Gasteiger partial charge is 1.00 e. The van der Waals surface area contributed by atoms with E-state index in [0.717, 1.165) is 6.54 Å². The van der Waals surface area contributed by atoms with E-state index in [4.69, 9.17) is 0 Å². The van der Waals surface area contributed by atoms with Gasteiger partial charge in [0.15, 0.2) is 0 Å². The second kappa shape index (κ2) is 25.2. The molecule has 0 heterocycles. The molecule has 0 atom stereocenters. The molecule has 2 heteroatoms. The third kappa shape index (κ3) is 24.2. The minimum atomic E-state index is 0. The third-order valence-electron chi connectivity index (χ3n) is 4.86. The van der Waals surface area contributed by atoms with Gasteiger partial charge >= 0.3 is 0 Å². The summed E-state index contributed by atoms with van der Waals surface area (Å²) in [5.41, 5.74) is 3.90. The van der Waals surface area contributed by atoms with Crippen LogP contribution in [-0.2, 0) is 0 Å². The lowest BCUT2D eigenvalue weighted by Gasteiger charge is -2.03. The molecule has 0 saturated carbocycles. The molecule has 0 saturated heterocycles. The first kappa shape index (κ1) is 26.2. The van der Waals surface area contributed by atoms with Gasteiger partial charge in [-0.25, -0.2) is 0 Å². The molecular weight excluding hydrogens is 314 g/mol. The topological polar surface area (TPSA) is 27.6 Å². The van der Waals surface area contributed by atoms with Gasteiger partial charge in [0.05, 0.1) is 6.54 Å². The van der Waals surface area contributed by atoms with Gasteiger partial charge in [-0.15, -0.1) is 0 Å². The Hall–Kier alpha value is -0.0100. The van der Waals surface area contributed by atoms with Gasteiger partial charge in [-0.1, -0.05) is 102 Å². The maximum atomic E-state index is 3.90. The van der Waals surface area contributed by atoms with Crippen molar-refractivity contribution in [2.45, 2.75) is 122 Å². The Balaban J connectivity index is 0. The normalized spacial score (nSPS) is 11.1. The monoisotopic (exact) mass is 359 g/mol. The van der Waals surface area contributed by atoms with Gasteiger partial charge in [0, 0.05) is 0 Å². The fourth-order valence-corrected chi connectivity index (χ4v) is 3.26. The van der Waals surface area contributed by atoms with Gasteiger partial charge in [0.2, 0.25) is 0 Å². The minimum absolute atomic E-state index is 0. The fraction of sp³-hybridized carbons (Fsp3) is 0.909. The average molecular weight is 360 g/mol. The molecule has 0 unspecified atom stereocenters. The molecule has 0 aliphatic rings. The van der Waals surface area contributed by atoms with Crippen LogP contribution < -0.4 is 18.1 Å². The molecule has 0 aromatic heterocycles. The summed E-state index contributed by atoms with van der Waals surface area (Å²) < 4.78 is 0. The van der Waals surface area contributed by atoms with E-state index in [1.165, 1.54) is 116 Å². The molecule has 0 aromatic rings. The molecule has 0 aliphatic heterocycles. The number of hydrogen-bond acceptors (Lipinski definition) is 0. The minimum Gasteiger partial charge on any atom is -1.00 e. The van der Waals surface area contributed by atoms with Gasteiger partial charge in [0.1, 0.15) is 0 Å². The molecule has 0 spiro atoms. The molecule has 0 bridgehead atoms. The van der Waals surface area contributed by atoms with Crippen molar-refractivity contribution in [3.63, 3.8) is 0 Å². The molecule has 0 radical (unpaired) electrons. The van der Waals surface area contributed by atoms with E-state index >= 15 is 0 Å². The van der Waals surface area contributed by atoms with Crippen molar-refractivity contribution < 1.29 is 18.1 Å². The number of unbranched alkanes of at least 4 members (excludes halogenated alkanes) is 17. The van der Waals surface area contributed by atoms with Crippen molar-refractivity contribution in [2.24, 2.45) is 0 Å². The van der Waals surface area contributed by atoms with E-state index in [0.29, 0.717) is 0 Å². The van der Waals surface area contributed by atoms with Crippen LogP contribution >= 0.6 is 0 Å². The smallest absolute Gasteiger partial charge is 0.0739 e. The number of quaternary nitrogens is 1. The molecule has 24 heavy (non-hydrogen) atoms. The average Bonchev–Trinajstić information content (AvgIpc) is 2.57. The van der Waals surface area contributed by atoms with Gasteiger partial charge in [0.25, 0.3) is 0 Å². The first-order valence-corrected chi connectivity index (χ1v) is 10.8. The van der Waals surface area contributed by atoms with E-state index in [9.17, 15) is 0 Å². The summed E-state index contributed by atoms with van der Waals surface area (Å²) in [7, 11) is 0. The third-order valence-corrected chi connectivity index (χ3v) is 4.86. The predicted octanol–water partition coefficient (Wildman–Crippen LogP) is 3.83. The van der Waals surface area contributed by atoms with E-state index in [1.807, 2.05) is 0 Å². The summed E-state index contributed by atoms with van der Waals surface area (Å²) >= 11 is 0. The van der Waals surface area contributed by atoms with Crippen molar-refractivity contribution in [3.8, 4) is 0 Å². The van der Waals surface area contributed by atoms with Crippen molar-refractivity contribution in [1.82, 2.24) is 0 Å². The Kier molecular flexibility index (Phi) is 27.6. The summed E-state index contributed by atoms with van der Waals surface area (Å²) in [6.07, 6.45) is 30.4. The first-order valence-electron chi connectivity index (χ1n) is 10.8. The Morgan fingerprint density at radius 3 is 1.08 bits per heavy atom. The highest BCUT2D eigenvalue weighted by molar-refractivity contribution is 4.76. The van der Waals surface area contributed by atoms with Crippen molar-refractivity contribution in [2.75, 3.05) is 6.54 Å². The van der Waals surface area contributed by atoms with Crippen LogP contribution in [0.3, 0.4) is 0 Å². The SMILES string of the molecule is CC=CCCCCCCCCCCCCCCCCCCC[NH3+].[Cl-]. The van der Waals surface area contributed by atoms with Crippen molar-refractivity contribution in [3.05, 3.63) is 12.2 Å². The summed E-state index contributed by atoms with van der Waals surface area (Å²) in [5.74, 6) is 0. The van der Waals surface area contributed by atoms with E-state index < -0.39 is 0 Å². The summed E-state index contributed by atoms with van der Waals surface area (Å²) in [5, 5.41) is 0. The van der Waals surface area contributed by atoms with Crippen LogP contribution in [0.5, 0.6) is 0 Å². The van der Waals surface area contributed by atoms with Crippen LogP contribution in [0.15, 0.2) is 12.2 Å². The number of halogens is 1. The summed E-state index contributed by atoms with van der Waals surface area (Å²) in [4.78, 5) is 0. The Morgan fingerprint density at radius 2 is 0.792 bits per heavy atom. The van der Waals surface area contributed by atoms with Crippen molar-refractivity contribution >= 4 is 0 Å². The second-order valence-electron chi connectivity index (χ2n) is 7.22. The van der Waals surface area contributed by atoms with Crippen LogP contribution in [0.4, 0.5) is 0 Å². The first-order chi connectivity index (χ1) is 11.4. The van der Waals surface area contributed by atoms with E-state index in [2.05, 4.69) is 24.8 Å². The number of hydrogen-bond donors (Lipinski definition) is 1. The van der Waals surface area contributed by atoms with Gasteiger partial charge < -0.3 is 18.1 Å². The molecule has 0 aliphatic carbocycles. The van der Waals surface area contributed by atoms with Crippen LogP contribution in [-0.4, -0.2) is 6.54 Å². The molecule has 3 N–H and O–H groups in total. The molecule has 0 fully saturated rings. The zero-order valence-electron chi connectivity index (χ0n) is 16.7. The van der Waals surface area contributed by atoms with Gasteiger partial charge in [-0.05, 0) is 32.6 Å². The zero-order valence-corrected chi connectivity index (χ0v) is 17.4. The van der Waals surface area contributed by atoms with E-state index in [-0.39, 0.29) is 12.4 Å². The van der Waals surface area contributed by atoms with Gasteiger partial charge in [-0.3, -0.25) is 0 Å². The zero-order chi connectivity index (χ0) is 16.8. The maximum Gasteiger partial charge on any atom is 0.0739 e. The number of allylic oxidation sites excluding steroid dienone is 2. The van der Waals surface area contributed by atoms with Crippen LogP contribution in [0, 0.1) is 0 Å². The summed E-state index contributed by atoms with van der Waals surface area (Å²) in [6.45, 7) is 3.24. The highest BCUT2D eigenvalue weighted by Crippen LogP contribution is 2.14. The highest BCUT2D eigenvalue weighted by atomic mass is 35.5. The maximum absolute atomic E-state index is 3.90. The van der Waals surface area contributed by atoms with E-state index in [1.54, 1.807) is 0 Å².